The van der Waals surface area contributed by atoms with Crippen molar-refractivity contribution in [1.82, 2.24) is 4.90 Å². The van der Waals surface area contributed by atoms with Crippen LogP contribution in [0, 0.1) is 0 Å². The largest absolute Gasteiger partial charge is 0.465 e. The predicted molar refractivity (Wildman–Crippen MR) is 99.4 cm³/mol. The van der Waals surface area contributed by atoms with Crippen molar-refractivity contribution in [3.8, 4) is 0 Å². The molecule has 0 aliphatic carbocycles. The summed E-state index contributed by atoms with van der Waals surface area (Å²) in [6.07, 6.45) is 0. The summed E-state index contributed by atoms with van der Waals surface area (Å²) in [6, 6.07) is 2.58. The van der Waals surface area contributed by atoms with Crippen molar-refractivity contribution in [3.05, 3.63) is 27.2 Å². The third-order valence-electron chi connectivity index (χ3n) is 3.42. The molecule has 1 fully saturated rings. The summed E-state index contributed by atoms with van der Waals surface area (Å²) < 4.78 is 5.08. The van der Waals surface area contributed by atoms with Crippen LogP contribution in [-0.4, -0.2) is 54.0 Å². The number of halogens is 3. The molecule has 1 unspecified atom stereocenters. The minimum atomic E-state index is -0.425. The highest BCUT2D eigenvalue weighted by atomic mass is 35.5. The van der Waals surface area contributed by atoms with Crippen LogP contribution in [0.1, 0.15) is 6.92 Å². The first-order chi connectivity index (χ1) is 11.4. The topological polar surface area (TPSA) is 58.6 Å². The number of ether oxygens (including phenoxy) is 1. The molecule has 1 amide bonds. The number of carbonyl (C=O) groups is 2. The third-order valence-corrected chi connectivity index (χ3v) is 5.25. The summed E-state index contributed by atoms with van der Waals surface area (Å²) >= 11 is 19.7. The molecule has 1 aromatic carbocycles. The lowest BCUT2D eigenvalue weighted by atomic mass is 10.2. The van der Waals surface area contributed by atoms with Gasteiger partial charge in [0.05, 0.1) is 28.9 Å². The number of thioether (sulfide) groups is 1. The Morgan fingerprint density at radius 3 is 2.62 bits per heavy atom. The van der Waals surface area contributed by atoms with Crippen LogP contribution in [0.2, 0.25) is 15.1 Å². The number of nitrogens with one attached hydrogen (secondary N) is 1. The smallest absolute Gasteiger partial charge is 0.324 e. The molecular formula is C15H17Cl3N2O3S. The number of esters is 1. The number of amides is 1. The minimum Gasteiger partial charge on any atom is -0.465 e. The highest BCUT2D eigenvalue weighted by Crippen LogP contribution is 2.33. The zero-order valence-electron chi connectivity index (χ0n) is 13.0. The normalized spacial score (nSPS) is 18.2. The van der Waals surface area contributed by atoms with Gasteiger partial charge in [0.1, 0.15) is 6.04 Å². The average Bonchev–Trinajstić information content (AvgIpc) is 2.51. The number of anilines is 1. The van der Waals surface area contributed by atoms with Gasteiger partial charge in [-0.2, -0.15) is 11.8 Å². The Bertz CT molecular complexity index is 607. The van der Waals surface area contributed by atoms with E-state index >= 15 is 0 Å². The van der Waals surface area contributed by atoms with Crippen molar-refractivity contribution in [2.24, 2.45) is 0 Å². The molecule has 24 heavy (non-hydrogen) atoms. The van der Waals surface area contributed by atoms with Crippen LogP contribution >= 0.6 is 46.6 Å². The Morgan fingerprint density at radius 1 is 1.33 bits per heavy atom. The molecule has 0 aromatic heterocycles. The van der Waals surface area contributed by atoms with Crippen LogP contribution in [0.4, 0.5) is 5.69 Å². The van der Waals surface area contributed by atoms with Gasteiger partial charge in [-0.1, -0.05) is 34.8 Å². The first-order valence-corrected chi connectivity index (χ1v) is 9.64. The maximum absolute atomic E-state index is 12.3. The van der Waals surface area contributed by atoms with Gasteiger partial charge in [0, 0.05) is 23.1 Å². The molecule has 1 aliphatic heterocycles. The van der Waals surface area contributed by atoms with E-state index in [1.165, 1.54) is 12.1 Å². The summed E-state index contributed by atoms with van der Waals surface area (Å²) in [6.45, 7) is 2.76. The van der Waals surface area contributed by atoms with Crippen LogP contribution in [0.3, 0.4) is 0 Å². The second kappa shape index (κ2) is 9.15. The predicted octanol–water partition coefficient (Wildman–Crippen LogP) is 3.57. The Morgan fingerprint density at radius 2 is 2.00 bits per heavy atom. The van der Waals surface area contributed by atoms with Crippen LogP contribution in [0.5, 0.6) is 0 Å². The molecule has 5 nitrogen and oxygen atoms in total. The van der Waals surface area contributed by atoms with Crippen molar-refractivity contribution in [2.45, 2.75) is 13.0 Å². The van der Waals surface area contributed by atoms with Gasteiger partial charge in [-0.05, 0) is 19.1 Å². The summed E-state index contributed by atoms with van der Waals surface area (Å²) in [5.74, 6) is 0.850. The molecule has 1 N–H and O–H groups in total. The van der Waals surface area contributed by atoms with Gasteiger partial charge in [0.25, 0.3) is 0 Å². The molecule has 1 heterocycles. The van der Waals surface area contributed by atoms with Crippen molar-refractivity contribution >= 4 is 64.1 Å². The SMILES string of the molecule is CCOC(=O)C1CSCCN1CC(=O)Nc1c(Cl)cc(Cl)cc1Cl. The average molecular weight is 412 g/mol. The number of carbonyl (C=O) groups excluding carboxylic acids is 2. The Hall–Kier alpha value is -0.660. The fourth-order valence-corrected chi connectivity index (χ4v) is 4.32. The summed E-state index contributed by atoms with van der Waals surface area (Å²) in [4.78, 5) is 26.2. The van der Waals surface area contributed by atoms with E-state index in [-0.39, 0.29) is 28.5 Å². The quantitative estimate of drug-likeness (QED) is 0.751. The van der Waals surface area contributed by atoms with Crippen LogP contribution in [-0.2, 0) is 14.3 Å². The fourth-order valence-electron chi connectivity index (χ4n) is 2.31. The number of hydrogen-bond acceptors (Lipinski definition) is 5. The lowest BCUT2D eigenvalue weighted by molar-refractivity contribution is -0.148. The van der Waals surface area contributed by atoms with E-state index in [9.17, 15) is 9.59 Å². The van der Waals surface area contributed by atoms with Gasteiger partial charge >= 0.3 is 5.97 Å². The van der Waals surface area contributed by atoms with Crippen LogP contribution in [0.25, 0.3) is 0 Å². The zero-order valence-corrected chi connectivity index (χ0v) is 16.1. The van der Waals surface area contributed by atoms with Crippen molar-refractivity contribution in [3.63, 3.8) is 0 Å². The van der Waals surface area contributed by atoms with Crippen molar-refractivity contribution in [1.29, 1.82) is 0 Å². The number of benzene rings is 1. The molecule has 1 saturated heterocycles. The molecule has 0 bridgehead atoms. The van der Waals surface area contributed by atoms with Gasteiger partial charge in [-0.25, -0.2) is 0 Å². The Balaban J connectivity index is 2.04. The Labute approximate surface area is 159 Å². The van der Waals surface area contributed by atoms with E-state index in [2.05, 4.69) is 5.32 Å². The highest BCUT2D eigenvalue weighted by molar-refractivity contribution is 7.99. The maximum atomic E-state index is 12.3. The van der Waals surface area contributed by atoms with E-state index in [0.717, 1.165) is 5.75 Å². The molecule has 0 saturated carbocycles. The third kappa shape index (κ3) is 5.17. The van der Waals surface area contributed by atoms with E-state index in [4.69, 9.17) is 39.5 Å². The summed E-state index contributed by atoms with van der Waals surface area (Å²) in [7, 11) is 0. The molecule has 132 valence electrons. The molecule has 1 aromatic rings. The molecule has 0 spiro atoms. The number of hydrogen-bond donors (Lipinski definition) is 1. The first-order valence-electron chi connectivity index (χ1n) is 7.35. The molecule has 0 radical (unpaired) electrons. The number of nitrogens with zero attached hydrogens (tertiary/aromatic N) is 1. The monoisotopic (exact) mass is 410 g/mol. The van der Waals surface area contributed by atoms with Gasteiger partial charge in [-0.3, -0.25) is 14.5 Å². The molecule has 2 rings (SSSR count). The summed E-state index contributed by atoms with van der Waals surface area (Å²) in [5, 5.41) is 3.59. The maximum Gasteiger partial charge on any atom is 0.324 e. The van der Waals surface area contributed by atoms with Gasteiger partial charge in [-0.15, -0.1) is 0 Å². The number of rotatable bonds is 5. The van der Waals surface area contributed by atoms with Gasteiger partial charge < -0.3 is 10.1 Å². The molecule has 1 aliphatic rings. The lowest BCUT2D eigenvalue weighted by Gasteiger charge is -2.32. The van der Waals surface area contributed by atoms with Crippen molar-refractivity contribution in [2.75, 3.05) is 36.5 Å². The van der Waals surface area contributed by atoms with Crippen LogP contribution in [0.15, 0.2) is 12.1 Å². The van der Waals surface area contributed by atoms with Gasteiger partial charge in [0.15, 0.2) is 0 Å². The highest BCUT2D eigenvalue weighted by Gasteiger charge is 2.31. The molecular weight excluding hydrogens is 395 g/mol. The zero-order chi connectivity index (χ0) is 17.7. The molecule has 9 heteroatoms. The standard InChI is InChI=1S/C15H17Cl3N2O3S/c1-2-23-15(22)12-8-24-4-3-20(12)7-13(21)19-14-10(17)5-9(16)6-11(14)18/h5-6,12H,2-4,7-8H2,1H3,(H,19,21). The van der Waals surface area contributed by atoms with Crippen LogP contribution < -0.4 is 5.32 Å². The van der Waals surface area contributed by atoms with E-state index in [1.807, 2.05) is 4.90 Å². The van der Waals surface area contributed by atoms with Gasteiger partial charge in [0.2, 0.25) is 5.91 Å². The van der Waals surface area contributed by atoms with Crippen molar-refractivity contribution < 1.29 is 14.3 Å². The fraction of sp³-hybridized carbons (Fsp3) is 0.467. The lowest BCUT2D eigenvalue weighted by Crippen LogP contribution is -2.50. The first kappa shape index (κ1) is 19.7. The van der Waals surface area contributed by atoms with E-state index < -0.39 is 6.04 Å². The van der Waals surface area contributed by atoms with E-state index in [1.54, 1.807) is 18.7 Å². The second-order valence-electron chi connectivity index (χ2n) is 5.11. The van der Waals surface area contributed by atoms with E-state index in [0.29, 0.717) is 29.6 Å². The minimum absolute atomic E-state index is 0.0549. The Kier molecular flexibility index (Phi) is 7.50. The second-order valence-corrected chi connectivity index (χ2v) is 7.51. The summed E-state index contributed by atoms with van der Waals surface area (Å²) in [5.41, 5.74) is 0.312. The molecule has 1 atom stereocenters.